The number of rotatable bonds is 5. The fraction of sp³-hybridized carbons (Fsp3) is 0.185. The minimum atomic E-state index is -0.495. The first kappa shape index (κ1) is 24.1. The molecule has 6 rings (SSSR count). The van der Waals surface area contributed by atoms with Gasteiger partial charge in [-0.25, -0.2) is 0 Å². The quantitative estimate of drug-likeness (QED) is 0.0789. The van der Waals surface area contributed by atoms with E-state index in [-0.39, 0.29) is 42.5 Å². The molecule has 5 aromatic carbocycles. The van der Waals surface area contributed by atoms with Crippen molar-refractivity contribution in [2.45, 2.75) is 6.92 Å². The minimum Gasteiger partial charge on any atom is -0.398 e. The molecule has 2 amide bonds. The number of benzene rings is 5. The van der Waals surface area contributed by atoms with Gasteiger partial charge in [0.25, 0.3) is 11.8 Å². The van der Waals surface area contributed by atoms with Crippen LogP contribution in [0.3, 0.4) is 0 Å². The van der Waals surface area contributed by atoms with E-state index < -0.39 is 11.8 Å². The number of carbonyl (C=O) groups excluding carboxylic acids is 2. The van der Waals surface area contributed by atoms with Gasteiger partial charge in [-0.2, -0.15) is 0 Å². The number of hydrogen-bond acceptors (Lipinski definition) is 6. The monoisotopic (exact) mass is 531 g/mol. The fourth-order valence-electron chi connectivity index (χ4n) is 5.76. The van der Waals surface area contributed by atoms with Crippen molar-refractivity contribution in [1.82, 2.24) is 4.90 Å². The average molecular weight is 532 g/mol. The molecule has 0 atom stereocenters. The van der Waals surface area contributed by atoms with E-state index in [4.69, 9.17) is 52.4 Å². The topological polar surface area (TPSA) is 119 Å². The number of carbonyl (C=O) groups is 2. The summed E-state index contributed by atoms with van der Waals surface area (Å²) in [6.07, 6.45) is 0. The molecule has 0 aromatic heterocycles. The molecule has 1 heterocycles. The Kier molecular flexibility index (Phi) is 5.44. The molecular weight excluding hydrogens is 512 g/mol. The minimum absolute atomic E-state index is 0.0130. The molecule has 0 fully saturated rings. The Hall–Kier alpha value is -3.30. The van der Waals surface area contributed by atoms with Crippen LogP contribution in [0.25, 0.3) is 43.1 Å². The van der Waals surface area contributed by atoms with Gasteiger partial charge in [-0.05, 0) is 42.1 Å². The number of imide groups is 1. The van der Waals surface area contributed by atoms with Crippen LogP contribution in [-0.2, 0) is 4.74 Å². The normalized spacial score (nSPS) is 13.8. The van der Waals surface area contributed by atoms with Crippen molar-refractivity contribution in [1.29, 1.82) is 0 Å². The molecule has 5 N–H and O–H groups in total. The zero-order chi connectivity index (χ0) is 26.3. The molecule has 0 aliphatic carbocycles. The molecule has 1 aliphatic rings. The first-order valence-corrected chi connectivity index (χ1v) is 12.4. The Labute approximate surface area is 222 Å². The highest BCUT2D eigenvalue weighted by atomic mass is 35.5. The second-order valence-corrected chi connectivity index (χ2v) is 10.1. The third-order valence-corrected chi connectivity index (χ3v) is 7.74. The third kappa shape index (κ3) is 3.16. The summed E-state index contributed by atoms with van der Waals surface area (Å²) in [6.45, 7) is 1.95. The molecule has 184 valence electrons. The van der Waals surface area contributed by atoms with E-state index in [1.165, 1.54) is 0 Å². The van der Waals surface area contributed by atoms with E-state index in [0.717, 1.165) is 21.2 Å². The summed E-state index contributed by atoms with van der Waals surface area (Å²) in [5, 5.41) is 14.6. The smallest absolute Gasteiger partial charge is 0.261 e. The highest BCUT2D eigenvalue weighted by molar-refractivity contribution is 6.54. The molecule has 2 radical (unpaired) electrons. The Balaban J connectivity index is 1.79. The molecule has 1 aliphatic heterocycles. The summed E-state index contributed by atoms with van der Waals surface area (Å²) in [6, 6.07) is 6.66. The van der Waals surface area contributed by atoms with Crippen LogP contribution in [0.4, 0.5) is 11.4 Å². The number of aliphatic hydroxyl groups excluding tert-OH is 1. The van der Waals surface area contributed by atoms with Gasteiger partial charge in [-0.15, -0.1) is 0 Å². The van der Waals surface area contributed by atoms with Gasteiger partial charge in [0.15, 0.2) is 0 Å². The number of anilines is 2. The number of nitrogens with zero attached hydrogens (tertiary/aromatic N) is 1. The van der Waals surface area contributed by atoms with Gasteiger partial charge >= 0.3 is 0 Å². The van der Waals surface area contributed by atoms with E-state index in [9.17, 15) is 9.59 Å². The molecule has 5 aromatic rings. The number of fused-ring (bicyclic) bond motifs is 2. The average Bonchev–Trinajstić information content (AvgIpc) is 2.84. The van der Waals surface area contributed by atoms with Crippen LogP contribution >= 0.6 is 23.2 Å². The molecule has 10 heteroatoms. The second-order valence-electron chi connectivity index (χ2n) is 9.25. The van der Waals surface area contributed by atoms with Crippen LogP contribution in [0.15, 0.2) is 24.3 Å². The van der Waals surface area contributed by atoms with E-state index in [0.29, 0.717) is 54.2 Å². The Morgan fingerprint density at radius 2 is 1.38 bits per heavy atom. The highest BCUT2D eigenvalue weighted by Crippen LogP contribution is 2.51. The maximum absolute atomic E-state index is 13.5. The zero-order valence-electron chi connectivity index (χ0n) is 19.7. The molecule has 0 saturated carbocycles. The number of halogens is 2. The van der Waals surface area contributed by atoms with Crippen LogP contribution < -0.4 is 16.9 Å². The summed E-state index contributed by atoms with van der Waals surface area (Å²) >= 11 is 13.7. The Morgan fingerprint density at radius 3 is 2.03 bits per heavy atom. The van der Waals surface area contributed by atoms with Crippen LogP contribution in [0, 0.1) is 6.92 Å². The van der Waals surface area contributed by atoms with Gasteiger partial charge in [-0.1, -0.05) is 28.7 Å². The standard InChI is InChI=1S/C27H20BCl2N3O4/c1-10-6-16(31)22-23-17(32)8-12-19-11(26(35)33(27(12)36)2-4-37-5-3-34)7-14(29)20(25(19)23)21-15(30)9-13(28)18(10)24(21)22/h6-9,34H,2-5,31-32H2,1H3. The first-order chi connectivity index (χ1) is 17.7. The van der Waals surface area contributed by atoms with Gasteiger partial charge in [0, 0.05) is 59.1 Å². The van der Waals surface area contributed by atoms with Gasteiger partial charge in [-0.3, -0.25) is 14.5 Å². The highest BCUT2D eigenvalue weighted by Gasteiger charge is 2.36. The van der Waals surface area contributed by atoms with E-state index in [1.54, 1.807) is 18.2 Å². The second kappa shape index (κ2) is 8.36. The lowest BCUT2D eigenvalue weighted by molar-refractivity contribution is 0.0478. The van der Waals surface area contributed by atoms with Gasteiger partial charge < -0.3 is 21.3 Å². The Bertz CT molecular complexity index is 1720. The van der Waals surface area contributed by atoms with Crippen molar-refractivity contribution in [3.8, 4) is 0 Å². The van der Waals surface area contributed by atoms with Crippen molar-refractivity contribution in [2.24, 2.45) is 0 Å². The number of aliphatic hydroxyl groups is 1. The summed E-state index contributed by atoms with van der Waals surface area (Å²) in [7, 11) is 6.40. The van der Waals surface area contributed by atoms with Crippen LogP contribution in [0.2, 0.25) is 10.0 Å². The lowest BCUT2D eigenvalue weighted by Gasteiger charge is -2.30. The van der Waals surface area contributed by atoms with Crippen molar-refractivity contribution in [2.75, 3.05) is 37.8 Å². The number of ether oxygens (including phenoxy) is 1. The van der Waals surface area contributed by atoms with Crippen LogP contribution in [0.1, 0.15) is 26.3 Å². The van der Waals surface area contributed by atoms with Crippen molar-refractivity contribution < 1.29 is 19.4 Å². The molecule has 0 bridgehead atoms. The number of aryl methyl sites for hydroxylation is 1. The summed E-state index contributed by atoms with van der Waals surface area (Å²) in [5.41, 5.74) is 15.9. The van der Waals surface area contributed by atoms with Crippen LogP contribution in [-0.4, -0.2) is 56.0 Å². The van der Waals surface area contributed by atoms with Crippen molar-refractivity contribution >= 4 is 103 Å². The zero-order valence-corrected chi connectivity index (χ0v) is 21.3. The SMILES string of the molecule is [B]c1cc(Cl)c2c3c(Cl)cc4c5c(cc(N)c(c6c(N)cc(C)c1c62)c53)C(=O)N(CCOCCO)C4=O. The van der Waals surface area contributed by atoms with Gasteiger partial charge in [0.2, 0.25) is 0 Å². The maximum atomic E-state index is 13.5. The third-order valence-electron chi connectivity index (χ3n) is 7.15. The molecule has 37 heavy (non-hydrogen) atoms. The lowest BCUT2D eigenvalue weighted by atomic mass is 9.79. The van der Waals surface area contributed by atoms with E-state index in [1.807, 2.05) is 13.0 Å². The summed E-state index contributed by atoms with van der Waals surface area (Å²) in [4.78, 5) is 28.2. The summed E-state index contributed by atoms with van der Waals surface area (Å²) < 4.78 is 5.29. The van der Waals surface area contributed by atoms with Crippen molar-refractivity contribution in [3.63, 3.8) is 0 Å². The molecule has 0 unspecified atom stereocenters. The largest absolute Gasteiger partial charge is 0.398 e. The van der Waals surface area contributed by atoms with E-state index in [2.05, 4.69) is 0 Å². The van der Waals surface area contributed by atoms with Crippen molar-refractivity contribution in [3.05, 3.63) is 51.0 Å². The molecule has 7 nitrogen and oxygen atoms in total. The van der Waals surface area contributed by atoms with E-state index >= 15 is 0 Å². The number of nitrogens with two attached hydrogens (primary N) is 2. The molecule has 0 spiro atoms. The van der Waals surface area contributed by atoms with Gasteiger partial charge in [0.1, 0.15) is 7.85 Å². The maximum Gasteiger partial charge on any atom is 0.261 e. The van der Waals surface area contributed by atoms with Crippen LogP contribution in [0.5, 0.6) is 0 Å². The summed E-state index contributed by atoms with van der Waals surface area (Å²) in [5.74, 6) is -0.988. The number of nitrogen functional groups attached to an aromatic ring is 2. The number of hydrogen-bond donors (Lipinski definition) is 3. The first-order valence-electron chi connectivity index (χ1n) is 11.6. The predicted molar refractivity (Wildman–Crippen MR) is 150 cm³/mol. The molecule has 0 saturated heterocycles. The van der Waals surface area contributed by atoms with Gasteiger partial charge in [0.05, 0.1) is 37.5 Å². The fourth-order valence-corrected chi connectivity index (χ4v) is 6.37. The number of amides is 2. The lowest BCUT2D eigenvalue weighted by Crippen LogP contribution is -2.42. The Morgan fingerprint density at radius 1 is 0.811 bits per heavy atom. The predicted octanol–water partition coefficient (Wildman–Crippen LogP) is 3.92. The molecular formula is C27H20BCl2N3O4.